The Kier molecular flexibility index (Phi) is 4.58. The zero-order valence-electron chi connectivity index (χ0n) is 8.59. The van der Waals surface area contributed by atoms with Crippen LogP contribution in [0.2, 0.25) is 0 Å². The Morgan fingerprint density at radius 3 is 2.77 bits per heavy atom. The van der Waals surface area contributed by atoms with E-state index in [4.69, 9.17) is 11.6 Å². The molecule has 74 valence electrons. The maximum Gasteiger partial charge on any atom is 0.0553 e. The predicted molar refractivity (Wildman–Crippen MR) is 60.2 cm³/mol. The van der Waals surface area contributed by atoms with Crippen LogP contribution in [-0.4, -0.2) is 5.38 Å². The van der Waals surface area contributed by atoms with E-state index < -0.39 is 0 Å². The predicted octanol–water partition coefficient (Wildman–Crippen LogP) is 4.31. The monoisotopic (exact) mass is 198 g/mol. The normalized spacial score (nSPS) is 24.2. The third kappa shape index (κ3) is 3.19. The number of hydrogen-bond acceptors (Lipinski definition) is 0. The number of rotatable bonds is 4. The van der Waals surface area contributed by atoms with Crippen LogP contribution in [0.1, 0.15) is 39.5 Å². The minimum Gasteiger partial charge on any atom is -0.118 e. The zero-order chi connectivity index (χ0) is 9.68. The molecule has 0 aliphatic heterocycles. The second kappa shape index (κ2) is 5.49. The van der Waals surface area contributed by atoms with E-state index in [1.165, 1.54) is 24.8 Å². The molecule has 0 nitrogen and oxygen atoms in total. The van der Waals surface area contributed by atoms with Gasteiger partial charge in [-0.05, 0) is 30.8 Å². The van der Waals surface area contributed by atoms with Crippen LogP contribution in [0.5, 0.6) is 0 Å². The maximum atomic E-state index is 5.98. The number of allylic oxidation sites excluding steroid dienone is 4. The molecule has 0 amide bonds. The van der Waals surface area contributed by atoms with Crippen molar-refractivity contribution in [2.75, 3.05) is 0 Å². The zero-order valence-corrected chi connectivity index (χ0v) is 9.35. The van der Waals surface area contributed by atoms with Gasteiger partial charge in [0.25, 0.3) is 0 Å². The summed E-state index contributed by atoms with van der Waals surface area (Å²) in [6, 6.07) is 0. The third-order valence-corrected chi connectivity index (χ3v) is 3.00. The highest BCUT2D eigenvalue weighted by atomic mass is 35.5. The lowest BCUT2D eigenvalue weighted by Gasteiger charge is -2.19. The van der Waals surface area contributed by atoms with Crippen molar-refractivity contribution < 1.29 is 0 Å². The number of hydrogen-bond donors (Lipinski definition) is 0. The van der Waals surface area contributed by atoms with Gasteiger partial charge in [0.2, 0.25) is 0 Å². The molecule has 0 radical (unpaired) electrons. The van der Waals surface area contributed by atoms with Crippen molar-refractivity contribution in [3.63, 3.8) is 0 Å². The van der Waals surface area contributed by atoms with Crippen molar-refractivity contribution in [2.24, 2.45) is 5.92 Å². The van der Waals surface area contributed by atoms with Crippen molar-refractivity contribution in [1.29, 1.82) is 0 Å². The Labute approximate surface area is 86.7 Å². The lowest BCUT2D eigenvalue weighted by Crippen LogP contribution is -2.06. The van der Waals surface area contributed by atoms with Gasteiger partial charge in [-0.25, -0.2) is 0 Å². The minimum absolute atomic E-state index is 0.225. The van der Waals surface area contributed by atoms with E-state index >= 15 is 0 Å². The number of halogens is 1. The molecule has 2 atom stereocenters. The van der Waals surface area contributed by atoms with Crippen molar-refractivity contribution in [1.82, 2.24) is 0 Å². The van der Waals surface area contributed by atoms with Crippen LogP contribution in [-0.2, 0) is 0 Å². The van der Waals surface area contributed by atoms with Crippen LogP contribution in [0.3, 0.4) is 0 Å². The van der Waals surface area contributed by atoms with Crippen LogP contribution in [0, 0.1) is 5.92 Å². The van der Waals surface area contributed by atoms with E-state index in [2.05, 4.69) is 32.1 Å². The van der Waals surface area contributed by atoms with Gasteiger partial charge < -0.3 is 0 Å². The van der Waals surface area contributed by atoms with E-state index in [9.17, 15) is 0 Å². The van der Waals surface area contributed by atoms with Gasteiger partial charge in [0.15, 0.2) is 0 Å². The van der Waals surface area contributed by atoms with E-state index in [1.807, 2.05) is 0 Å². The van der Waals surface area contributed by atoms with E-state index in [0.29, 0.717) is 0 Å². The molecular weight excluding hydrogens is 180 g/mol. The minimum atomic E-state index is 0.225. The van der Waals surface area contributed by atoms with Gasteiger partial charge in [0.1, 0.15) is 0 Å². The fourth-order valence-electron chi connectivity index (χ4n) is 1.87. The second-order valence-corrected chi connectivity index (χ2v) is 4.27. The molecule has 1 rings (SSSR count). The summed E-state index contributed by atoms with van der Waals surface area (Å²) in [7, 11) is 0. The van der Waals surface area contributed by atoms with Crippen molar-refractivity contribution in [3.05, 3.63) is 23.8 Å². The standard InChI is InChI=1S/C12H19Cl/c1-3-5-10(4-2)11-6-8-12(13)9-7-11/h6-8,10,12H,3-5,9H2,1-2H3. The molecule has 2 unspecified atom stereocenters. The summed E-state index contributed by atoms with van der Waals surface area (Å²) in [5.74, 6) is 0.755. The fourth-order valence-corrected chi connectivity index (χ4v) is 2.03. The van der Waals surface area contributed by atoms with Gasteiger partial charge in [0.05, 0.1) is 5.38 Å². The summed E-state index contributed by atoms with van der Waals surface area (Å²) in [4.78, 5) is 0. The second-order valence-electron chi connectivity index (χ2n) is 3.71. The average molecular weight is 199 g/mol. The van der Waals surface area contributed by atoms with Gasteiger partial charge >= 0.3 is 0 Å². The first-order chi connectivity index (χ1) is 6.27. The van der Waals surface area contributed by atoms with Gasteiger partial charge in [0, 0.05) is 0 Å². The van der Waals surface area contributed by atoms with Crippen LogP contribution < -0.4 is 0 Å². The summed E-state index contributed by atoms with van der Waals surface area (Å²) in [5, 5.41) is 0.225. The van der Waals surface area contributed by atoms with Crippen molar-refractivity contribution in [3.8, 4) is 0 Å². The Hall–Kier alpha value is -0.230. The average Bonchev–Trinajstić information content (AvgIpc) is 2.16. The molecule has 13 heavy (non-hydrogen) atoms. The Morgan fingerprint density at radius 2 is 2.31 bits per heavy atom. The summed E-state index contributed by atoms with van der Waals surface area (Å²) in [6.07, 6.45) is 11.5. The third-order valence-electron chi connectivity index (χ3n) is 2.68. The first-order valence-corrected chi connectivity index (χ1v) is 5.73. The summed E-state index contributed by atoms with van der Waals surface area (Å²) < 4.78 is 0. The van der Waals surface area contributed by atoms with Crippen LogP contribution in [0.4, 0.5) is 0 Å². The molecule has 1 heteroatoms. The van der Waals surface area contributed by atoms with E-state index in [1.54, 1.807) is 0 Å². The largest absolute Gasteiger partial charge is 0.118 e. The first-order valence-electron chi connectivity index (χ1n) is 5.30. The van der Waals surface area contributed by atoms with E-state index in [-0.39, 0.29) is 5.38 Å². The van der Waals surface area contributed by atoms with Crippen LogP contribution in [0.25, 0.3) is 0 Å². The molecule has 0 aromatic heterocycles. The van der Waals surface area contributed by atoms with Crippen LogP contribution >= 0.6 is 11.6 Å². The molecule has 0 fully saturated rings. The molecule has 0 saturated carbocycles. The molecule has 0 aromatic rings. The first kappa shape index (κ1) is 10.8. The number of alkyl halides is 1. The van der Waals surface area contributed by atoms with E-state index in [0.717, 1.165) is 12.3 Å². The topological polar surface area (TPSA) is 0 Å². The Bertz CT molecular complexity index is 203. The summed E-state index contributed by atoms with van der Waals surface area (Å²) in [5.41, 5.74) is 1.50. The quantitative estimate of drug-likeness (QED) is 0.591. The lowest BCUT2D eigenvalue weighted by molar-refractivity contribution is 0.540. The van der Waals surface area contributed by atoms with Crippen molar-refractivity contribution >= 4 is 11.6 Å². The SMILES string of the molecule is CCCC(CC)C1=CCC(Cl)C=C1. The van der Waals surface area contributed by atoms with Gasteiger partial charge in [-0.1, -0.05) is 38.5 Å². The molecule has 1 aliphatic rings. The maximum absolute atomic E-state index is 5.98. The molecule has 1 aliphatic carbocycles. The lowest BCUT2D eigenvalue weighted by atomic mass is 9.88. The molecule has 0 aromatic carbocycles. The van der Waals surface area contributed by atoms with Crippen molar-refractivity contribution in [2.45, 2.75) is 44.9 Å². The van der Waals surface area contributed by atoms with Gasteiger partial charge in [-0.2, -0.15) is 0 Å². The summed E-state index contributed by atoms with van der Waals surface area (Å²) in [6.45, 7) is 4.52. The van der Waals surface area contributed by atoms with Gasteiger partial charge in [-0.15, -0.1) is 11.6 Å². The molecule has 0 saturated heterocycles. The summed E-state index contributed by atoms with van der Waals surface area (Å²) >= 11 is 5.98. The molecule has 0 heterocycles. The molecule has 0 bridgehead atoms. The molecular formula is C12H19Cl. The Morgan fingerprint density at radius 1 is 1.54 bits per heavy atom. The highest BCUT2D eigenvalue weighted by Gasteiger charge is 2.12. The molecule has 0 N–H and O–H groups in total. The van der Waals surface area contributed by atoms with Gasteiger partial charge in [-0.3, -0.25) is 0 Å². The fraction of sp³-hybridized carbons (Fsp3) is 0.667. The highest BCUT2D eigenvalue weighted by Crippen LogP contribution is 2.26. The van der Waals surface area contributed by atoms with Crippen LogP contribution in [0.15, 0.2) is 23.8 Å². The smallest absolute Gasteiger partial charge is 0.0553 e. The Balaban J connectivity index is 2.55. The highest BCUT2D eigenvalue weighted by molar-refractivity contribution is 6.22. The molecule has 0 spiro atoms.